The van der Waals surface area contributed by atoms with Gasteiger partial charge in [0.1, 0.15) is 6.26 Å². The van der Waals surface area contributed by atoms with Gasteiger partial charge in [0, 0.05) is 29.1 Å². The lowest BCUT2D eigenvalue weighted by Gasteiger charge is -2.27. The molecule has 0 radical (unpaired) electrons. The minimum Gasteiger partial charge on any atom is -0.386 e. The Labute approximate surface area is 135 Å². The van der Waals surface area contributed by atoms with Crippen LogP contribution in [-0.4, -0.2) is 20.4 Å². The van der Waals surface area contributed by atoms with Crippen LogP contribution in [0.1, 0.15) is 38.1 Å². The number of para-hydroxylation sites is 1. The van der Waals surface area contributed by atoms with Crippen molar-refractivity contribution < 1.29 is 9.63 Å². The summed E-state index contributed by atoms with van der Waals surface area (Å²) in [5, 5.41) is 16.0. The molecule has 3 rings (SSSR count). The van der Waals surface area contributed by atoms with Crippen molar-refractivity contribution in [2.24, 2.45) is 12.8 Å². The third-order valence-electron chi connectivity index (χ3n) is 4.36. The normalized spacial score (nSPS) is 13.7. The van der Waals surface area contributed by atoms with Crippen LogP contribution in [-0.2, 0) is 13.5 Å². The number of rotatable bonds is 4. The fraction of sp³-hybridized carbons (Fsp3) is 0.389. The summed E-state index contributed by atoms with van der Waals surface area (Å²) in [6.45, 7) is 5.70. The minimum absolute atomic E-state index is 0.759. The van der Waals surface area contributed by atoms with Gasteiger partial charge in [0.15, 0.2) is 0 Å². The smallest absolute Gasteiger partial charge is 0.133 e. The monoisotopic (exact) mass is 313 g/mol. The molecule has 0 spiro atoms. The first kappa shape index (κ1) is 15.8. The molecule has 0 aliphatic heterocycles. The molecule has 3 aromatic rings. The summed E-state index contributed by atoms with van der Waals surface area (Å²) in [4.78, 5) is 0. The van der Waals surface area contributed by atoms with Crippen molar-refractivity contribution in [1.29, 1.82) is 0 Å². The van der Waals surface area contributed by atoms with Gasteiger partial charge in [-0.1, -0.05) is 30.3 Å². The summed E-state index contributed by atoms with van der Waals surface area (Å²) in [6.07, 6.45) is 1.60. The van der Waals surface area contributed by atoms with Crippen molar-refractivity contribution in [3.05, 3.63) is 41.8 Å². The van der Waals surface area contributed by atoms with Gasteiger partial charge in [-0.25, -0.2) is 0 Å². The minimum atomic E-state index is -0.803. The molecule has 0 bridgehead atoms. The van der Waals surface area contributed by atoms with Crippen molar-refractivity contribution in [3.8, 4) is 11.3 Å². The molecule has 0 amide bonds. The molecule has 1 aromatic carbocycles. The molecule has 1 atom stereocenters. The van der Waals surface area contributed by atoms with Crippen LogP contribution in [0.5, 0.6) is 0 Å². The highest BCUT2D eigenvalue weighted by molar-refractivity contribution is 5.92. The quantitative estimate of drug-likeness (QED) is 0.775. The van der Waals surface area contributed by atoms with Crippen LogP contribution in [0.15, 0.2) is 35.1 Å². The van der Waals surface area contributed by atoms with Gasteiger partial charge in [-0.3, -0.25) is 0 Å². The molecule has 2 aromatic heterocycles. The van der Waals surface area contributed by atoms with Crippen molar-refractivity contribution >= 4 is 10.9 Å². The number of benzene rings is 1. The number of aryl methyl sites for hydroxylation is 2. The molecule has 23 heavy (non-hydrogen) atoms. The van der Waals surface area contributed by atoms with Crippen LogP contribution in [0, 0.1) is 0 Å². The lowest BCUT2D eigenvalue weighted by atomic mass is 9.89. The molecule has 1 unspecified atom stereocenters. The van der Waals surface area contributed by atoms with Crippen molar-refractivity contribution in [2.75, 3.05) is 0 Å². The fourth-order valence-electron chi connectivity index (χ4n) is 3.10. The zero-order valence-corrected chi connectivity index (χ0v) is 14.0. The maximum Gasteiger partial charge on any atom is 0.133 e. The summed E-state index contributed by atoms with van der Waals surface area (Å²) >= 11 is 0. The van der Waals surface area contributed by atoms with E-state index in [1.165, 1.54) is 0 Å². The molecule has 5 nitrogen and oxygen atoms in total. The van der Waals surface area contributed by atoms with E-state index in [1.807, 2.05) is 52.1 Å². The summed E-state index contributed by atoms with van der Waals surface area (Å²) in [7, 11) is 1.99. The first-order valence-electron chi connectivity index (χ1n) is 7.84. The number of aromatic nitrogens is 2. The Balaban J connectivity index is 2.39. The molecular weight excluding hydrogens is 290 g/mol. The van der Waals surface area contributed by atoms with Crippen molar-refractivity contribution in [2.45, 2.75) is 38.8 Å². The molecule has 0 aliphatic rings. The Bertz CT molecular complexity index is 840. The summed E-state index contributed by atoms with van der Waals surface area (Å²) in [5.74, 6) is 0. The molecule has 2 heterocycles. The number of aliphatic hydroxyl groups excluding tert-OH is 1. The zero-order chi connectivity index (χ0) is 16.8. The highest BCUT2D eigenvalue weighted by Gasteiger charge is 2.32. The predicted octanol–water partition coefficient (Wildman–Crippen LogP) is 3.17. The van der Waals surface area contributed by atoms with E-state index < -0.39 is 11.6 Å². The van der Waals surface area contributed by atoms with E-state index in [1.54, 1.807) is 6.26 Å². The van der Waals surface area contributed by atoms with E-state index in [0.29, 0.717) is 0 Å². The van der Waals surface area contributed by atoms with E-state index in [0.717, 1.165) is 39.8 Å². The average Bonchev–Trinajstić information content (AvgIpc) is 3.08. The maximum absolute atomic E-state index is 10.9. The van der Waals surface area contributed by atoms with Gasteiger partial charge in [-0.05, 0) is 26.3 Å². The summed E-state index contributed by atoms with van der Waals surface area (Å²) in [5.41, 5.74) is 10.0. The highest BCUT2D eigenvalue weighted by Crippen LogP contribution is 2.40. The third-order valence-corrected chi connectivity index (χ3v) is 4.36. The molecule has 0 aliphatic carbocycles. The van der Waals surface area contributed by atoms with Gasteiger partial charge in [0.2, 0.25) is 0 Å². The average molecular weight is 313 g/mol. The molecule has 122 valence electrons. The molecule has 3 N–H and O–H groups in total. The molecule has 5 heteroatoms. The third kappa shape index (κ3) is 2.46. The second-order valence-corrected chi connectivity index (χ2v) is 6.59. The standard InChI is InChI=1S/C18H23N3O2/c1-5-13-12(10-23-20-13)16-15(17(22)18(2,3)19)11-8-6-7-9-14(11)21(16)4/h6-10,17,22H,5,19H2,1-4H3. The lowest BCUT2D eigenvalue weighted by molar-refractivity contribution is 0.106. The first-order chi connectivity index (χ1) is 10.9. The SMILES string of the molecule is CCc1nocc1-c1c(C(O)C(C)(C)N)c2ccccc2n1C. The highest BCUT2D eigenvalue weighted by atomic mass is 16.5. The molecular formula is C18H23N3O2. The Hall–Kier alpha value is -2.11. The maximum atomic E-state index is 10.9. The number of fused-ring (bicyclic) bond motifs is 1. The summed E-state index contributed by atoms with van der Waals surface area (Å²) in [6, 6.07) is 8.02. The second kappa shape index (κ2) is 5.51. The van der Waals surface area contributed by atoms with E-state index in [9.17, 15) is 5.11 Å². The van der Waals surface area contributed by atoms with Crippen LogP contribution in [0.3, 0.4) is 0 Å². The lowest BCUT2D eigenvalue weighted by Crippen LogP contribution is -2.39. The van der Waals surface area contributed by atoms with E-state index in [2.05, 4.69) is 9.72 Å². The van der Waals surface area contributed by atoms with Crippen LogP contribution in [0.25, 0.3) is 22.2 Å². The van der Waals surface area contributed by atoms with Gasteiger partial charge < -0.3 is 19.9 Å². The summed E-state index contributed by atoms with van der Waals surface area (Å²) < 4.78 is 7.26. The predicted molar refractivity (Wildman–Crippen MR) is 91.0 cm³/mol. The topological polar surface area (TPSA) is 77.2 Å². The fourth-order valence-corrected chi connectivity index (χ4v) is 3.10. The van der Waals surface area contributed by atoms with E-state index in [4.69, 9.17) is 10.3 Å². The van der Waals surface area contributed by atoms with Gasteiger partial charge in [-0.15, -0.1) is 0 Å². The van der Waals surface area contributed by atoms with Gasteiger partial charge in [-0.2, -0.15) is 0 Å². The second-order valence-electron chi connectivity index (χ2n) is 6.59. The van der Waals surface area contributed by atoms with Crippen LogP contribution in [0.2, 0.25) is 0 Å². The zero-order valence-electron chi connectivity index (χ0n) is 14.0. The van der Waals surface area contributed by atoms with Crippen molar-refractivity contribution in [3.63, 3.8) is 0 Å². The van der Waals surface area contributed by atoms with Gasteiger partial charge in [0.05, 0.1) is 23.1 Å². The number of aliphatic hydroxyl groups is 1. The number of nitrogens with two attached hydrogens (primary N) is 1. The molecule has 0 saturated heterocycles. The van der Waals surface area contributed by atoms with Crippen LogP contribution >= 0.6 is 0 Å². The first-order valence-corrected chi connectivity index (χ1v) is 7.84. The van der Waals surface area contributed by atoms with Crippen LogP contribution < -0.4 is 5.73 Å². The van der Waals surface area contributed by atoms with Crippen LogP contribution in [0.4, 0.5) is 0 Å². The molecule has 0 fully saturated rings. The number of hydrogen-bond acceptors (Lipinski definition) is 4. The van der Waals surface area contributed by atoms with E-state index in [-0.39, 0.29) is 0 Å². The Morgan fingerprint density at radius 1 is 1.35 bits per heavy atom. The molecule has 0 saturated carbocycles. The van der Waals surface area contributed by atoms with Crippen molar-refractivity contribution in [1.82, 2.24) is 9.72 Å². The van der Waals surface area contributed by atoms with E-state index >= 15 is 0 Å². The number of nitrogens with zero attached hydrogens (tertiary/aromatic N) is 2. The Morgan fingerprint density at radius 2 is 2.04 bits per heavy atom. The largest absolute Gasteiger partial charge is 0.386 e. The van der Waals surface area contributed by atoms with Gasteiger partial charge in [0.25, 0.3) is 0 Å². The Morgan fingerprint density at radius 3 is 2.70 bits per heavy atom. The van der Waals surface area contributed by atoms with Gasteiger partial charge >= 0.3 is 0 Å². The Kier molecular flexibility index (Phi) is 3.78. The number of hydrogen-bond donors (Lipinski definition) is 2.